The predicted molar refractivity (Wildman–Crippen MR) is 77.1 cm³/mol. The zero-order chi connectivity index (χ0) is 15.5. The third-order valence-corrected chi connectivity index (χ3v) is 3.48. The molecule has 0 atom stereocenters. The van der Waals surface area contributed by atoms with E-state index >= 15 is 0 Å². The maximum Gasteiger partial charge on any atom is 0.271 e. The zero-order valence-electron chi connectivity index (χ0n) is 11.8. The van der Waals surface area contributed by atoms with Gasteiger partial charge in [-0.3, -0.25) is 9.59 Å². The van der Waals surface area contributed by atoms with Gasteiger partial charge in [-0.15, -0.1) is 0 Å². The molecule has 1 fully saturated rings. The van der Waals surface area contributed by atoms with Crippen LogP contribution in [-0.4, -0.2) is 58.4 Å². The largest absolute Gasteiger partial charge is 0.378 e. The molecule has 1 aliphatic rings. The Balaban J connectivity index is 1.82. The lowest BCUT2D eigenvalue weighted by Crippen LogP contribution is -2.40. The fourth-order valence-electron chi connectivity index (χ4n) is 2.32. The molecule has 1 saturated heterocycles. The highest BCUT2D eigenvalue weighted by Crippen LogP contribution is 2.20. The highest BCUT2D eigenvalue weighted by molar-refractivity contribution is 5.97. The average Bonchev–Trinajstić information content (AvgIpc) is 3.05. The Morgan fingerprint density at radius 3 is 2.45 bits per heavy atom. The molecule has 2 aromatic rings. The third kappa shape index (κ3) is 2.68. The average molecular weight is 301 g/mol. The molecular formula is C14H15N5O3. The molecule has 22 heavy (non-hydrogen) atoms. The fraction of sp³-hybridized carbons (Fsp3) is 0.286. The normalized spacial score (nSPS) is 14.8. The van der Waals surface area contributed by atoms with E-state index in [1.807, 2.05) is 0 Å². The van der Waals surface area contributed by atoms with Crippen LogP contribution in [0.15, 0.2) is 24.3 Å². The van der Waals surface area contributed by atoms with Crippen molar-refractivity contribution in [2.75, 3.05) is 26.3 Å². The Hall–Kier alpha value is -2.74. The minimum absolute atomic E-state index is 0.0369. The molecule has 2 heterocycles. The van der Waals surface area contributed by atoms with Gasteiger partial charge in [-0.2, -0.15) is 15.4 Å². The molecule has 8 heteroatoms. The molecule has 0 bridgehead atoms. The SMILES string of the molecule is NC(=O)c1n[nH]nc1-c1ccc(C(=O)N2CCOCC2)cc1. The number of carbonyl (C=O) groups is 2. The van der Waals surface area contributed by atoms with Crippen LogP contribution in [0.2, 0.25) is 0 Å². The van der Waals surface area contributed by atoms with Crippen molar-refractivity contribution in [3.63, 3.8) is 0 Å². The molecule has 0 saturated carbocycles. The van der Waals surface area contributed by atoms with Gasteiger partial charge in [0.2, 0.25) is 0 Å². The number of rotatable bonds is 3. The highest BCUT2D eigenvalue weighted by atomic mass is 16.5. The van der Waals surface area contributed by atoms with Gasteiger partial charge in [-0.1, -0.05) is 12.1 Å². The quantitative estimate of drug-likeness (QED) is 0.831. The summed E-state index contributed by atoms with van der Waals surface area (Å²) >= 11 is 0. The zero-order valence-corrected chi connectivity index (χ0v) is 11.8. The monoisotopic (exact) mass is 301 g/mol. The molecule has 114 valence electrons. The summed E-state index contributed by atoms with van der Waals surface area (Å²) in [5.74, 6) is -0.692. The molecule has 3 N–H and O–H groups in total. The van der Waals surface area contributed by atoms with Crippen LogP contribution in [0.1, 0.15) is 20.8 Å². The molecule has 1 aliphatic heterocycles. The lowest BCUT2D eigenvalue weighted by atomic mass is 10.1. The van der Waals surface area contributed by atoms with Crippen LogP contribution in [0.5, 0.6) is 0 Å². The summed E-state index contributed by atoms with van der Waals surface area (Å²) in [5, 5.41) is 10.0. The van der Waals surface area contributed by atoms with Crippen molar-refractivity contribution in [2.24, 2.45) is 5.73 Å². The number of nitrogens with two attached hydrogens (primary N) is 1. The van der Waals surface area contributed by atoms with Crippen molar-refractivity contribution in [2.45, 2.75) is 0 Å². The van der Waals surface area contributed by atoms with Gasteiger partial charge < -0.3 is 15.4 Å². The molecule has 0 unspecified atom stereocenters. The van der Waals surface area contributed by atoms with E-state index in [-0.39, 0.29) is 11.6 Å². The van der Waals surface area contributed by atoms with Crippen molar-refractivity contribution < 1.29 is 14.3 Å². The van der Waals surface area contributed by atoms with Crippen LogP contribution in [-0.2, 0) is 4.74 Å². The number of morpholine rings is 1. The fourth-order valence-corrected chi connectivity index (χ4v) is 2.32. The Labute approximate surface area is 126 Å². The Morgan fingerprint density at radius 2 is 1.82 bits per heavy atom. The van der Waals surface area contributed by atoms with E-state index in [9.17, 15) is 9.59 Å². The molecule has 3 rings (SSSR count). The first kappa shape index (κ1) is 14.2. The summed E-state index contributed by atoms with van der Waals surface area (Å²) in [6.45, 7) is 2.31. The van der Waals surface area contributed by atoms with Crippen molar-refractivity contribution in [3.05, 3.63) is 35.5 Å². The molecule has 0 spiro atoms. The second-order valence-corrected chi connectivity index (χ2v) is 4.87. The molecule has 0 radical (unpaired) electrons. The van der Waals surface area contributed by atoms with Gasteiger partial charge in [0.25, 0.3) is 11.8 Å². The van der Waals surface area contributed by atoms with Crippen molar-refractivity contribution >= 4 is 11.8 Å². The van der Waals surface area contributed by atoms with E-state index in [0.29, 0.717) is 43.1 Å². The third-order valence-electron chi connectivity index (χ3n) is 3.48. The number of aromatic nitrogens is 3. The van der Waals surface area contributed by atoms with E-state index < -0.39 is 5.91 Å². The van der Waals surface area contributed by atoms with Crippen LogP contribution < -0.4 is 5.73 Å². The molecule has 1 aromatic carbocycles. The van der Waals surface area contributed by atoms with Crippen LogP contribution in [0.3, 0.4) is 0 Å². The van der Waals surface area contributed by atoms with E-state index in [1.165, 1.54) is 0 Å². The van der Waals surface area contributed by atoms with E-state index in [4.69, 9.17) is 10.5 Å². The Kier molecular flexibility index (Phi) is 3.84. The van der Waals surface area contributed by atoms with Crippen LogP contribution in [0.25, 0.3) is 11.3 Å². The summed E-state index contributed by atoms with van der Waals surface area (Å²) < 4.78 is 5.23. The maximum absolute atomic E-state index is 12.3. The van der Waals surface area contributed by atoms with Crippen molar-refractivity contribution in [1.82, 2.24) is 20.3 Å². The summed E-state index contributed by atoms with van der Waals surface area (Å²) in [4.78, 5) is 25.4. The molecular weight excluding hydrogens is 286 g/mol. The number of primary amides is 1. The number of carbonyl (C=O) groups excluding carboxylic acids is 2. The smallest absolute Gasteiger partial charge is 0.271 e. The number of aromatic amines is 1. The number of H-pyrrole nitrogens is 1. The van der Waals surface area contributed by atoms with Gasteiger partial charge in [0.05, 0.1) is 13.2 Å². The molecule has 0 aliphatic carbocycles. The second-order valence-electron chi connectivity index (χ2n) is 4.87. The first-order chi connectivity index (χ1) is 10.7. The van der Waals surface area contributed by atoms with Gasteiger partial charge in [-0.05, 0) is 12.1 Å². The molecule has 2 amide bonds. The minimum Gasteiger partial charge on any atom is -0.378 e. The number of nitrogens with one attached hydrogen (secondary N) is 1. The summed E-state index contributed by atoms with van der Waals surface area (Å²) in [5.41, 5.74) is 6.93. The van der Waals surface area contributed by atoms with Gasteiger partial charge in [0.1, 0.15) is 5.69 Å². The maximum atomic E-state index is 12.3. The van der Waals surface area contributed by atoms with E-state index in [0.717, 1.165) is 0 Å². The summed E-state index contributed by atoms with van der Waals surface area (Å²) in [6.07, 6.45) is 0. The van der Waals surface area contributed by atoms with Crippen LogP contribution >= 0.6 is 0 Å². The number of amides is 2. The number of ether oxygens (including phenoxy) is 1. The van der Waals surface area contributed by atoms with Crippen LogP contribution in [0.4, 0.5) is 0 Å². The number of hydrogen-bond donors (Lipinski definition) is 2. The standard InChI is InChI=1S/C14H15N5O3/c15-13(20)12-11(16-18-17-12)9-1-3-10(4-2-9)14(21)19-5-7-22-8-6-19/h1-4H,5-8H2,(H2,15,20)(H,16,17,18). The Bertz CT molecular complexity index is 689. The number of hydrogen-bond acceptors (Lipinski definition) is 5. The van der Waals surface area contributed by atoms with Gasteiger partial charge in [-0.25, -0.2) is 0 Å². The minimum atomic E-state index is -0.655. The lowest BCUT2D eigenvalue weighted by Gasteiger charge is -2.26. The summed E-state index contributed by atoms with van der Waals surface area (Å²) in [7, 11) is 0. The van der Waals surface area contributed by atoms with Crippen LogP contribution in [0, 0.1) is 0 Å². The molecule has 8 nitrogen and oxygen atoms in total. The molecule has 1 aromatic heterocycles. The first-order valence-electron chi connectivity index (χ1n) is 6.85. The topological polar surface area (TPSA) is 114 Å². The predicted octanol–water partition coefficient (Wildman–Crippen LogP) is 0.0430. The van der Waals surface area contributed by atoms with E-state index in [1.54, 1.807) is 29.2 Å². The Morgan fingerprint density at radius 1 is 1.14 bits per heavy atom. The van der Waals surface area contributed by atoms with Gasteiger partial charge in [0.15, 0.2) is 5.69 Å². The van der Waals surface area contributed by atoms with Crippen molar-refractivity contribution in [3.8, 4) is 11.3 Å². The van der Waals surface area contributed by atoms with Gasteiger partial charge in [0, 0.05) is 24.2 Å². The van der Waals surface area contributed by atoms with Gasteiger partial charge >= 0.3 is 0 Å². The number of benzene rings is 1. The second kappa shape index (κ2) is 5.94. The van der Waals surface area contributed by atoms with Crippen molar-refractivity contribution in [1.29, 1.82) is 0 Å². The summed E-state index contributed by atoms with van der Waals surface area (Å²) in [6, 6.07) is 6.84. The van der Waals surface area contributed by atoms with E-state index in [2.05, 4.69) is 15.4 Å². The highest BCUT2D eigenvalue weighted by Gasteiger charge is 2.19. The lowest BCUT2D eigenvalue weighted by molar-refractivity contribution is 0.0303. The number of nitrogens with zero attached hydrogens (tertiary/aromatic N) is 3. The first-order valence-corrected chi connectivity index (χ1v) is 6.85.